The Kier molecular flexibility index (Phi) is 63.7. The normalized spacial score (nSPS) is 12.7. The van der Waals surface area contributed by atoms with E-state index in [4.69, 9.17) is 14.2 Å². The van der Waals surface area contributed by atoms with Crippen LogP contribution < -0.4 is 0 Å². The molecule has 0 bridgehead atoms. The minimum absolute atomic E-state index is 0.0861. The summed E-state index contributed by atoms with van der Waals surface area (Å²) >= 11 is 0. The molecule has 0 aliphatic rings. The van der Waals surface area contributed by atoms with Crippen molar-refractivity contribution in [1.82, 2.24) is 0 Å². The summed E-state index contributed by atoms with van der Waals surface area (Å²) in [6.45, 7) is 6.53. The van der Waals surface area contributed by atoms with E-state index in [1.165, 1.54) is 180 Å². The van der Waals surface area contributed by atoms with Gasteiger partial charge in [0.25, 0.3) is 0 Å². The van der Waals surface area contributed by atoms with Crippen molar-refractivity contribution in [2.45, 2.75) is 335 Å². The second-order valence-corrected chi connectivity index (χ2v) is 22.3. The van der Waals surface area contributed by atoms with Gasteiger partial charge in [-0.15, -0.1) is 0 Å². The fourth-order valence-electron chi connectivity index (χ4n) is 9.50. The van der Waals surface area contributed by atoms with Gasteiger partial charge < -0.3 is 14.2 Å². The third kappa shape index (κ3) is 65.0. The third-order valence-electron chi connectivity index (χ3n) is 14.5. The molecule has 0 rings (SSSR count). The molecule has 0 aliphatic heterocycles. The fraction of sp³-hybridized carbons (Fsp3) is 0.740. The highest BCUT2D eigenvalue weighted by atomic mass is 16.6. The van der Waals surface area contributed by atoms with E-state index in [1.54, 1.807) is 0 Å². The van der Waals surface area contributed by atoms with Gasteiger partial charge in [0.15, 0.2) is 6.10 Å². The molecule has 0 amide bonds. The van der Waals surface area contributed by atoms with Gasteiger partial charge in [0.2, 0.25) is 0 Å². The maximum atomic E-state index is 12.9. The van der Waals surface area contributed by atoms with Crippen LogP contribution in [-0.2, 0) is 28.6 Å². The van der Waals surface area contributed by atoms with Gasteiger partial charge in [-0.25, -0.2) is 0 Å². The maximum Gasteiger partial charge on any atom is 0.306 e. The van der Waals surface area contributed by atoms with Gasteiger partial charge in [-0.2, -0.15) is 0 Å². The molecule has 0 saturated carbocycles. The van der Waals surface area contributed by atoms with Crippen molar-refractivity contribution in [3.8, 4) is 0 Å². The van der Waals surface area contributed by atoms with Gasteiger partial charge in [-0.05, 0) is 122 Å². The number of carbonyl (C=O) groups excluding carboxylic acids is 3. The van der Waals surface area contributed by atoms with Crippen LogP contribution >= 0.6 is 0 Å². The van der Waals surface area contributed by atoms with E-state index < -0.39 is 6.10 Å². The van der Waals surface area contributed by atoms with E-state index >= 15 is 0 Å². The smallest absolute Gasteiger partial charge is 0.306 e. The number of allylic oxidation sites excluding steroid dienone is 16. The highest BCUT2D eigenvalue weighted by Gasteiger charge is 2.19. The van der Waals surface area contributed by atoms with E-state index in [1.807, 2.05) is 0 Å². The third-order valence-corrected chi connectivity index (χ3v) is 14.5. The molecule has 0 aromatic heterocycles. The SMILES string of the molecule is CC/C=C\C/C=C\C/C=C\C/C=C\CCCCCCCCC(=O)OC(COC(=O)CCCCCCCCC/C=C\CCCCCCCC)COC(=O)CCCCCCCCCCCC/C=C\C/C=C\C/C=C\CCCCCCC. The molecule has 0 aliphatic carbocycles. The molecule has 454 valence electrons. The first-order valence-electron chi connectivity index (χ1n) is 33.7. The highest BCUT2D eigenvalue weighted by Crippen LogP contribution is 2.16. The van der Waals surface area contributed by atoms with Crippen molar-refractivity contribution in [2.24, 2.45) is 0 Å². The molecule has 0 aromatic carbocycles. The summed E-state index contributed by atoms with van der Waals surface area (Å²) in [7, 11) is 0. The predicted molar refractivity (Wildman–Crippen MR) is 344 cm³/mol. The van der Waals surface area contributed by atoms with Crippen LogP contribution in [0.15, 0.2) is 97.2 Å². The van der Waals surface area contributed by atoms with Crippen molar-refractivity contribution < 1.29 is 28.6 Å². The molecule has 6 heteroatoms. The summed E-state index contributed by atoms with van der Waals surface area (Å²) < 4.78 is 17.0. The monoisotopic (exact) mass is 1100 g/mol. The zero-order valence-corrected chi connectivity index (χ0v) is 52.1. The number of esters is 3. The van der Waals surface area contributed by atoms with Crippen LogP contribution in [0.2, 0.25) is 0 Å². The van der Waals surface area contributed by atoms with Gasteiger partial charge in [-0.1, -0.05) is 285 Å². The standard InChI is InChI=1S/C73H126O6/c1-4-7-10-13-16-19-22-25-28-31-33-34-35-36-37-38-40-42-45-48-51-54-57-60-63-66-72(75)78-69-70(68-77-71(74)65-62-59-56-53-50-47-44-41-30-27-24-21-18-15-12-9-6-3)79-73(76)67-64-61-58-55-52-49-46-43-39-32-29-26-23-20-17-14-11-8-5-2/h8,11,17,20,22,25-27,29-31,33,35-36,39,43,70H,4-7,9-10,12-16,18-19,21,23-24,28,32,34,37-38,40-42,44-69H2,1-3H3/b11-8-,20-17-,25-22-,29-26-,30-27-,33-31-,36-35-,43-39-. The van der Waals surface area contributed by atoms with E-state index in [9.17, 15) is 14.4 Å². The Balaban J connectivity index is 4.38. The number of hydrogen-bond donors (Lipinski definition) is 0. The summed E-state index contributed by atoms with van der Waals surface area (Å²) in [5, 5.41) is 0. The van der Waals surface area contributed by atoms with E-state index in [0.717, 1.165) is 109 Å². The average molecular weight is 1100 g/mol. The Hall–Kier alpha value is -3.67. The number of hydrogen-bond acceptors (Lipinski definition) is 6. The minimum Gasteiger partial charge on any atom is -0.462 e. The number of ether oxygens (including phenoxy) is 3. The lowest BCUT2D eigenvalue weighted by molar-refractivity contribution is -0.167. The van der Waals surface area contributed by atoms with Crippen LogP contribution in [-0.4, -0.2) is 37.2 Å². The molecule has 0 heterocycles. The molecule has 0 N–H and O–H groups in total. The number of carbonyl (C=O) groups is 3. The van der Waals surface area contributed by atoms with Crippen LogP contribution in [0.4, 0.5) is 0 Å². The van der Waals surface area contributed by atoms with Crippen molar-refractivity contribution >= 4 is 17.9 Å². The van der Waals surface area contributed by atoms with Gasteiger partial charge in [-0.3, -0.25) is 14.4 Å². The van der Waals surface area contributed by atoms with E-state index in [2.05, 4.69) is 118 Å². The molecular weight excluding hydrogens is 973 g/mol. The fourth-order valence-corrected chi connectivity index (χ4v) is 9.50. The quantitative estimate of drug-likeness (QED) is 0.0261. The zero-order valence-electron chi connectivity index (χ0n) is 52.1. The summed E-state index contributed by atoms with van der Waals surface area (Å²) in [5.41, 5.74) is 0. The van der Waals surface area contributed by atoms with Crippen LogP contribution in [0, 0.1) is 0 Å². The first-order valence-corrected chi connectivity index (χ1v) is 33.7. The molecule has 79 heavy (non-hydrogen) atoms. The molecule has 0 saturated heterocycles. The van der Waals surface area contributed by atoms with E-state index in [0.29, 0.717) is 19.3 Å². The molecule has 0 radical (unpaired) electrons. The Morgan fingerprint density at radius 1 is 0.266 bits per heavy atom. The van der Waals surface area contributed by atoms with Crippen molar-refractivity contribution in [3.63, 3.8) is 0 Å². The summed E-state index contributed by atoms with van der Waals surface area (Å²) in [6.07, 6.45) is 89.8. The predicted octanol–water partition coefficient (Wildman–Crippen LogP) is 23.2. The lowest BCUT2D eigenvalue weighted by atomic mass is 10.1. The second-order valence-electron chi connectivity index (χ2n) is 22.3. The zero-order chi connectivity index (χ0) is 57.1. The highest BCUT2D eigenvalue weighted by molar-refractivity contribution is 5.71. The summed E-state index contributed by atoms with van der Waals surface area (Å²) in [5.74, 6) is -0.896. The summed E-state index contributed by atoms with van der Waals surface area (Å²) in [4.78, 5) is 38.4. The van der Waals surface area contributed by atoms with Crippen molar-refractivity contribution in [3.05, 3.63) is 97.2 Å². The van der Waals surface area contributed by atoms with Gasteiger partial charge in [0.1, 0.15) is 13.2 Å². The topological polar surface area (TPSA) is 78.9 Å². The Morgan fingerprint density at radius 2 is 0.494 bits per heavy atom. The summed E-state index contributed by atoms with van der Waals surface area (Å²) in [6, 6.07) is 0. The van der Waals surface area contributed by atoms with Crippen molar-refractivity contribution in [1.29, 1.82) is 0 Å². The molecule has 0 fully saturated rings. The molecule has 1 atom stereocenters. The lowest BCUT2D eigenvalue weighted by Crippen LogP contribution is -2.30. The van der Waals surface area contributed by atoms with Gasteiger partial charge >= 0.3 is 17.9 Å². The molecule has 6 nitrogen and oxygen atoms in total. The minimum atomic E-state index is -0.792. The Labute approximate surface area is 489 Å². The van der Waals surface area contributed by atoms with Gasteiger partial charge in [0.05, 0.1) is 0 Å². The Bertz CT molecular complexity index is 1540. The van der Waals surface area contributed by atoms with Crippen LogP contribution in [0.25, 0.3) is 0 Å². The van der Waals surface area contributed by atoms with Crippen LogP contribution in [0.3, 0.4) is 0 Å². The molecule has 0 spiro atoms. The first kappa shape index (κ1) is 75.3. The average Bonchev–Trinajstić information content (AvgIpc) is 3.45. The van der Waals surface area contributed by atoms with Crippen molar-refractivity contribution in [2.75, 3.05) is 13.2 Å². The Morgan fingerprint density at radius 3 is 0.785 bits per heavy atom. The number of unbranched alkanes of at least 4 members (excludes halogenated alkanes) is 34. The molecule has 1 unspecified atom stereocenters. The van der Waals surface area contributed by atoms with Gasteiger partial charge in [0, 0.05) is 19.3 Å². The number of rotatable bonds is 61. The lowest BCUT2D eigenvalue weighted by Gasteiger charge is -2.18. The second kappa shape index (κ2) is 66.8. The maximum absolute atomic E-state index is 12.9. The first-order chi connectivity index (χ1) is 39.0. The molecular formula is C73H126O6. The van der Waals surface area contributed by atoms with Crippen LogP contribution in [0.5, 0.6) is 0 Å². The molecule has 0 aromatic rings. The van der Waals surface area contributed by atoms with E-state index in [-0.39, 0.29) is 31.1 Å². The largest absolute Gasteiger partial charge is 0.462 e. The van der Waals surface area contributed by atoms with Crippen LogP contribution in [0.1, 0.15) is 329 Å².